The molecule has 142 valence electrons. The molecular weight excluding hydrogens is 364 g/mol. The van der Waals surface area contributed by atoms with Crippen LogP contribution in [0.4, 0.5) is 0 Å². The molecular formula is C25H18O4. The van der Waals surface area contributed by atoms with E-state index < -0.39 is 5.78 Å². The quantitative estimate of drug-likeness (QED) is 0.493. The van der Waals surface area contributed by atoms with Crippen LogP contribution < -0.4 is 4.74 Å². The van der Waals surface area contributed by atoms with Gasteiger partial charge in [-0.05, 0) is 0 Å². The average Bonchev–Trinajstić information content (AvgIpc) is 2.79. The van der Waals surface area contributed by atoms with E-state index in [2.05, 4.69) is 0 Å². The Morgan fingerprint density at radius 1 is 0.655 bits per heavy atom. The number of phenols is 1. The highest BCUT2D eigenvalue weighted by atomic mass is 16.5. The van der Waals surface area contributed by atoms with Crippen molar-refractivity contribution in [1.29, 1.82) is 0 Å². The van der Waals surface area contributed by atoms with Gasteiger partial charge in [0.1, 0.15) is 11.5 Å². The predicted molar refractivity (Wildman–Crippen MR) is 112 cm³/mol. The molecule has 4 aromatic carbocycles. The zero-order chi connectivity index (χ0) is 20.4. The number of rotatable bonds is 5. The minimum atomic E-state index is -0.438. The molecule has 4 rings (SSSR count). The zero-order valence-electron chi connectivity index (χ0n) is 15.8. The molecule has 0 heterocycles. The molecule has 0 saturated carbocycles. The van der Waals surface area contributed by atoms with Crippen LogP contribution in [0.5, 0.6) is 11.5 Å². The SMILES string of the molecule is COc1c(C(=O)c2ccccc2)c(C(=O)c2ccccc2)c(O)c2ccccc12. The van der Waals surface area contributed by atoms with Gasteiger partial charge in [-0.15, -0.1) is 0 Å². The van der Waals surface area contributed by atoms with Gasteiger partial charge in [0.15, 0.2) is 11.6 Å². The third kappa shape index (κ3) is 3.15. The first-order chi connectivity index (χ1) is 14.1. The molecule has 0 bridgehead atoms. The minimum absolute atomic E-state index is 0.0550. The highest BCUT2D eigenvalue weighted by Gasteiger charge is 2.30. The van der Waals surface area contributed by atoms with E-state index in [1.165, 1.54) is 7.11 Å². The van der Waals surface area contributed by atoms with Gasteiger partial charge in [-0.2, -0.15) is 0 Å². The smallest absolute Gasteiger partial charge is 0.197 e. The Bertz CT molecular complexity index is 1210. The van der Waals surface area contributed by atoms with Crippen molar-refractivity contribution in [2.45, 2.75) is 0 Å². The number of hydrogen-bond acceptors (Lipinski definition) is 4. The van der Waals surface area contributed by atoms with Crippen LogP contribution in [-0.2, 0) is 0 Å². The normalized spacial score (nSPS) is 10.7. The lowest BCUT2D eigenvalue weighted by Gasteiger charge is -2.18. The second kappa shape index (κ2) is 7.60. The Labute approximate surface area is 168 Å². The van der Waals surface area contributed by atoms with Crippen molar-refractivity contribution < 1.29 is 19.4 Å². The highest BCUT2D eigenvalue weighted by molar-refractivity contribution is 6.25. The standard InChI is InChI=1S/C25H18O4/c1-29-25-19-15-9-8-14-18(19)24(28)20(22(26)16-10-4-2-5-11-16)21(25)23(27)17-12-6-3-7-13-17/h2-15,28H,1H3. The predicted octanol–water partition coefficient (Wildman–Crippen LogP) is 5.02. The molecule has 0 aliphatic heterocycles. The molecule has 0 aromatic heterocycles. The number of hydrogen-bond donors (Lipinski definition) is 1. The van der Waals surface area contributed by atoms with Crippen molar-refractivity contribution in [1.82, 2.24) is 0 Å². The molecule has 0 spiro atoms. The van der Waals surface area contributed by atoms with Crippen LogP contribution in [0.2, 0.25) is 0 Å². The summed E-state index contributed by atoms with van der Waals surface area (Å²) < 4.78 is 5.60. The number of benzene rings is 4. The maximum absolute atomic E-state index is 13.4. The van der Waals surface area contributed by atoms with Crippen molar-refractivity contribution in [2.75, 3.05) is 7.11 Å². The second-order valence-corrected chi connectivity index (χ2v) is 6.57. The fourth-order valence-electron chi connectivity index (χ4n) is 3.51. The Kier molecular flexibility index (Phi) is 4.83. The van der Waals surface area contributed by atoms with Gasteiger partial charge in [0.05, 0.1) is 18.2 Å². The van der Waals surface area contributed by atoms with Crippen LogP contribution in [0.25, 0.3) is 10.8 Å². The van der Waals surface area contributed by atoms with Crippen molar-refractivity contribution in [3.63, 3.8) is 0 Å². The fraction of sp³-hybridized carbons (Fsp3) is 0.0400. The molecule has 0 atom stereocenters. The van der Waals surface area contributed by atoms with Crippen molar-refractivity contribution >= 4 is 22.3 Å². The Morgan fingerprint density at radius 2 is 1.10 bits per heavy atom. The molecule has 0 unspecified atom stereocenters. The summed E-state index contributed by atoms with van der Waals surface area (Å²) in [5.74, 6) is -0.782. The molecule has 0 saturated heterocycles. The first kappa shape index (κ1) is 18.4. The minimum Gasteiger partial charge on any atom is -0.506 e. The molecule has 4 aromatic rings. The lowest BCUT2D eigenvalue weighted by Crippen LogP contribution is -2.14. The largest absolute Gasteiger partial charge is 0.506 e. The first-order valence-corrected chi connectivity index (χ1v) is 9.14. The molecule has 0 radical (unpaired) electrons. The number of ether oxygens (including phenoxy) is 1. The maximum atomic E-state index is 13.4. The average molecular weight is 382 g/mol. The number of carbonyl (C=O) groups is 2. The van der Waals surface area contributed by atoms with Gasteiger partial charge in [-0.3, -0.25) is 9.59 Å². The van der Waals surface area contributed by atoms with Crippen molar-refractivity contribution in [3.05, 3.63) is 107 Å². The molecule has 0 aliphatic carbocycles. The second-order valence-electron chi connectivity index (χ2n) is 6.57. The summed E-state index contributed by atoms with van der Waals surface area (Å²) in [5.41, 5.74) is 0.786. The number of fused-ring (bicyclic) bond motifs is 1. The van der Waals surface area contributed by atoms with Gasteiger partial charge in [0, 0.05) is 21.9 Å². The van der Waals surface area contributed by atoms with E-state index >= 15 is 0 Å². The highest BCUT2D eigenvalue weighted by Crippen LogP contribution is 2.42. The van der Waals surface area contributed by atoms with E-state index in [1.54, 1.807) is 78.9 Å². The molecule has 0 fully saturated rings. The molecule has 0 amide bonds. The topological polar surface area (TPSA) is 63.6 Å². The lowest BCUT2D eigenvalue weighted by atomic mass is 9.88. The van der Waals surface area contributed by atoms with E-state index in [9.17, 15) is 14.7 Å². The maximum Gasteiger partial charge on any atom is 0.197 e. The molecule has 29 heavy (non-hydrogen) atoms. The lowest BCUT2D eigenvalue weighted by molar-refractivity contribution is 0.0999. The van der Waals surface area contributed by atoms with Crippen LogP contribution in [0.1, 0.15) is 31.8 Å². The third-order valence-electron chi connectivity index (χ3n) is 4.87. The molecule has 4 nitrogen and oxygen atoms in total. The number of aromatic hydroxyl groups is 1. The van der Waals surface area contributed by atoms with Crippen molar-refractivity contribution in [3.8, 4) is 11.5 Å². The van der Waals surface area contributed by atoms with Gasteiger partial charge < -0.3 is 9.84 Å². The summed E-state index contributed by atoms with van der Waals surface area (Å²) in [6.07, 6.45) is 0. The monoisotopic (exact) mass is 382 g/mol. The van der Waals surface area contributed by atoms with Gasteiger partial charge >= 0.3 is 0 Å². The first-order valence-electron chi connectivity index (χ1n) is 9.14. The van der Waals surface area contributed by atoms with Crippen LogP contribution in [0.15, 0.2) is 84.9 Å². The zero-order valence-corrected chi connectivity index (χ0v) is 15.8. The summed E-state index contributed by atoms with van der Waals surface area (Å²) >= 11 is 0. The number of carbonyl (C=O) groups excluding carboxylic acids is 2. The summed E-state index contributed by atoms with van der Waals surface area (Å²) in [6.45, 7) is 0. The fourth-order valence-corrected chi connectivity index (χ4v) is 3.51. The summed E-state index contributed by atoms with van der Waals surface area (Å²) in [7, 11) is 1.46. The van der Waals surface area contributed by atoms with Crippen LogP contribution in [0, 0.1) is 0 Å². The van der Waals surface area contributed by atoms with Gasteiger partial charge in [0.25, 0.3) is 0 Å². The Morgan fingerprint density at radius 3 is 1.62 bits per heavy atom. The van der Waals surface area contributed by atoms with Gasteiger partial charge in [-0.1, -0.05) is 84.9 Å². The molecule has 4 heteroatoms. The summed E-state index contributed by atoms with van der Waals surface area (Å²) in [6, 6.07) is 24.2. The number of methoxy groups -OCH3 is 1. The summed E-state index contributed by atoms with van der Waals surface area (Å²) in [5, 5.41) is 12.1. The van der Waals surface area contributed by atoms with E-state index in [1.807, 2.05) is 6.07 Å². The van der Waals surface area contributed by atoms with E-state index in [0.29, 0.717) is 21.9 Å². The number of ketones is 2. The van der Waals surface area contributed by atoms with Crippen molar-refractivity contribution in [2.24, 2.45) is 0 Å². The van der Waals surface area contributed by atoms with Crippen LogP contribution in [-0.4, -0.2) is 23.8 Å². The molecule has 0 aliphatic rings. The van der Waals surface area contributed by atoms with Gasteiger partial charge in [0.2, 0.25) is 0 Å². The Hall–Kier alpha value is -3.92. The molecule has 1 N–H and O–H groups in total. The van der Waals surface area contributed by atoms with E-state index in [0.717, 1.165) is 0 Å². The van der Waals surface area contributed by atoms with Crippen LogP contribution in [0.3, 0.4) is 0 Å². The summed E-state index contributed by atoms with van der Waals surface area (Å²) in [4.78, 5) is 26.8. The van der Waals surface area contributed by atoms with Crippen LogP contribution >= 0.6 is 0 Å². The van der Waals surface area contributed by atoms with E-state index in [4.69, 9.17) is 4.74 Å². The van der Waals surface area contributed by atoms with Gasteiger partial charge in [-0.25, -0.2) is 0 Å². The Balaban J connectivity index is 2.09. The third-order valence-corrected chi connectivity index (χ3v) is 4.87. The number of phenolic OH excluding ortho intramolecular Hbond substituents is 1. The van der Waals surface area contributed by atoms with E-state index in [-0.39, 0.29) is 28.4 Å².